The normalized spacial score (nSPS) is 17.1. The van der Waals surface area contributed by atoms with Crippen LogP contribution in [0.5, 0.6) is 5.75 Å². The lowest BCUT2D eigenvalue weighted by molar-refractivity contribution is -0.121. The van der Waals surface area contributed by atoms with Crippen molar-refractivity contribution in [2.75, 3.05) is 7.11 Å². The van der Waals surface area contributed by atoms with Gasteiger partial charge in [-0.2, -0.15) is 0 Å². The van der Waals surface area contributed by atoms with Crippen LogP contribution >= 0.6 is 11.3 Å². The predicted octanol–water partition coefficient (Wildman–Crippen LogP) is 1.60. The number of hydrogen-bond donors (Lipinski definition) is 2. The maximum absolute atomic E-state index is 11.9. The summed E-state index contributed by atoms with van der Waals surface area (Å²) in [5, 5.41) is 3.85. The molecule has 1 atom stereocenters. The van der Waals surface area contributed by atoms with Crippen molar-refractivity contribution in [3.63, 3.8) is 0 Å². The zero-order valence-corrected chi connectivity index (χ0v) is 15.0. The Hall–Kier alpha value is -2.71. The summed E-state index contributed by atoms with van der Waals surface area (Å²) >= 11 is 1.44. The summed E-state index contributed by atoms with van der Waals surface area (Å²) in [6, 6.07) is 3.85. The van der Waals surface area contributed by atoms with E-state index in [2.05, 4.69) is 9.98 Å². The van der Waals surface area contributed by atoms with E-state index in [1.54, 1.807) is 13.3 Å². The molecule has 1 unspecified atom stereocenters. The van der Waals surface area contributed by atoms with Crippen LogP contribution < -0.4 is 16.3 Å². The molecule has 0 saturated heterocycles. The number of carbonyl (C=O) groups is 1. The first-order valence-electron chi connectivity index (χ1n) is 7.61. The number of rotatable bonds is 4. The molecule has 0 saturated carbocycles. The van der Waals surface area contributed by atoms with Crippen LogP contribution in [0.1, 0.15) is 21.7 Å². The number of methoxy groups -OCH3 is 1. The van der Waals surface area contributed by atoms with Crippen molar-refractivity contribution in [2.24, 2.45) is 16.6 Å². The van der Waals surface area contributed by atoms with Gasteiger partial charge in [0.1, 0.15) is 10.8 Å². The number of allylic oxidation sites excluding steroid dienone is 1. The van der Waals surface area contributed by atoms with Crippen molar-refractivity contribution in [2.45, 2.75) is 20.0 Å². The minimum atomic E-state index is -0.996. The van der Waals surface area contributed by atoms with Crippen molar-refractivity contribution in [1.29, 1.82) is 0 Å². The number of ether oxygens (including phenoxy) is 1. The Balaban J connectivity index is 2.20. The minimum absolute atomic E-state index is 0.581. The zero-order valence-electron chi connectivity index (χ0n) is 14.2. The molecule has 1 aromatic heterocycles. The minimum Gasteiger partial charge on any atom is -0.496 e. The van der Waals surface area contributed by atoms with E-state index in [4.69, 9.17) is 16.3 Å². The van der Waals surface area contributed by atoms with Crippen LogP contribution in [-0.2, 0) is 4.79 Å². The van der Waals surface area contributed by atoms with Gasteiger partial charge in [-0.25, -0.2) is 15.8 Å². The highest BCUT2D eigenvalue weighted by Crippen LogP contribution is 2.33. The van der Waals surface area contributed by atoms with Gasteiger partial charge < -0.3 is 10.5 Å². The Bertz CT molecular complexity index is 873. The first kappa shape index (κ1) is 17.1. The van der Waals surface area contributed by atoms with Crippen LogP contribution in [0.2, 0.25) is 0 Å². The molecule has 3 rings (SSSR count). The van der Waals surface area contributed by atoms with Crippen LogP contribution in [0.3, 0.4) is 0 Å². The molecule has 1 aliphatic heterocycles. The number of carbonyl (C=O) groups excluding carboxylic acids is 1. The molecule has 1 amide bonds. The van der Waals surface area contributed by atoms with Gasteiger partial charge in [0.05, 0.1) is 18.5 Å². The highest BCUT2D eigenvalue weighted by molar-refractivity contribution is 7.11. The highest BCUT2D eigenvalue weighted by Gasteiger charge is 2.30. The quantitative estimate of drug-likeness (QED) is 0.808. The number of benzene rings is 1. The maximum Gasteiger partial charge on any atom is 0.264 e. The number of hydrogen-bond acceptors (Lipinski definition) is 7. The molecular weight excluding hydrogens is 338 g/mol. The molecule has 4 N–H and O–H groups in total. The van der Waals surface area contributed by atoms with Gasteiger partial charge in [-0.05, 0) is 31.6 Å². The fraction of sp³-hybridized carbons (Fsp3) is 0.235. The molecule has 0 spiro atoms. The van der Waals surface area contributed by atoms with E-state index < -0.39 is 12.1 Å². The van der Waals surface area contributed by atoms with Crippen molar-refractivity contribution in [1.82, 2.24) is 9.99 Å². The van der Waals surface area contributed by atoms with Crippen LogP contribution in [0.4, 0.5) is 0 Å². The lowest BCUT2D eigenvalue weighted by Gasteiger charge is -2.32. The molecule has 0 aliphatic carbocycles. The molecule has 2 aromatic rings. The first-order valence-corrected chi connectivity index (χ1v) is 8.49. The molecule has 130 valence electrons. The summed E-state index contributed by atoms with van der Waals surface area (Å²) < 4.78 is 5.42. The summed E-state index contributed by atoms with van der Waals surface area (Å²) in [4.78, 5) is 20.5. The molecule has 2 heterocycles. The molecular formula is C17H19N5O2S. The van der Waals surface area contributed by atoms with Gasteiger partial charge in [0, 0.05) is 22.7 Å². The molecule has 7 nitrogen and oxygen atoms in total. The van der Waals surface area contributed by atoms with Gasteiger partial charge in [-0.1, -0.05) is 6.07 Å². The van der Waals surface area contributed by atoms with Gasteiger partial charge in [0.15, 0.2) is 0 Å². The van der Waals surface area contributed by atoms with Crippen molar-refractivity contribution in [3.8, 4) is 5.75 Å². The van der Waals surface area contributed by atoms with E-state index >= 15 is 0 Å². The van der Waals surface area contributed by atoms with Gasteiger partial charge >= 0.3 is 0 Å². The third kappa shape index (κ3) is 3.01. The average Bonchev–Trinajstić information content (AvgIpc) is 3.10. The molecule has 25 heavy (non-hydrogen) atoms. The smallest absolute Gasteiger partial charge is 0.264 e. The predicted molar refractivity (Wildman–Crippen MR) is 98.1 cm³/mol. The van der Waals surface area contributed by atoms with Crippen molar-refractivity contribution in [3.05, 3.63) is 51.5 Å². The molecule has 0 fully saturated rings. The summed E-state index contributed by atoms with van der Waals surface area (Å²) in [6.07, 6.45) is 2.52. The summed E-state index contributed by atoms with van der Waals surface area (Å²) in [5.74, 6) is 6.32. The molecule has 8 heteroatoms. The standard InChI is InChI=1S/C17H19N5O2S/c1-9-4-5-13(24-3)10(2)14(9)12-8-11(17-20-6-7-25-17)21-16(15(18)23)22(12)19/h4-8,16H,19H2,1-3H3,(H2,18,23). The van der Waals surface area contributed by atoms with Crippen molar-refractivity contribution < 1.29 is 9.53 Å². The van der Waals surface area contributed by atoms with Crippen LogP contribution in [0.25, 0.3) is 5.70 Å². The van der Waals surface area contributed by atoms with Crippen LogP contribution in [0.15, 0.2) is 34.8 Å². The Morgan fingerprint density at radius 2 is 2.12 bits per heavy atom. The Labute approximate surface area is 149 Å². The molecule has 1 aromatic carbocycles. The number of hydrazine groups is 1. The molecule has 0 bridgehead atoms. The van der Waals surface area contributed by atoms with E-state index in [0.29, 0.717) is 16.4 Å². The molecule has 0 radical (unpaired) electrons. The second-order valence-corrected chi connectivity index (χ2v) is 6.54. The van der Waals surface area contributed by atoms with Gasteiger partial charge in [-0.3, -0.25) is 9.80 Å². The fourth-order valence-electron chi connectivity index (χ4n) is 2.88. The van der Waals surface area contributed by atoms with Crippen molar-refractivity contribution >= 4 is 28.7 Å². The van der Waals surface area contributed by atoms with E-state index in [-0.39, 0.29) is 0 Å². The largest absolute Gasteiger partial charge is 0.496 e. The number of aliphatic imine (C=N–C) groups is 1. The summed E-state index contributed by atoms with van der Waals surface area (Å²) in [5.41, 5.74) is 9.55. The van der Waals surface area contributed by atoms with E-state index in [1.807, 2.05) is 37.4 Å². The number of nitrogens with zero attached hydrogens (tertiary/aromatic N) is 3. The monoisotopic (exact) mass is 357 g/mol. The average molecular weight is 357 g/mol. The van der Waals surface area contributed by atoms with Gasteiger partial charge in [-0.15, -0.1) is 11.3 Å². The van der Waals surface area contributed by atoms with E-state index in [1.165, 1.54) is 16.3 Å². The number of thiazole rings is 1. The van der Waals surface area contributed by atoms with E-state index in [0.717, 1.165) is 22.4 Å². The maximum atomic E-state index is 11.9. The second-order valence-electron chi connectivity index (χ2n) is 5.65. The third-order valence-corrected chi connectivity index (χ3v) is 4.88. The highest BCUT2D eigenvalue weighted by atomic mass is 32.1. The van der Waals surface area contributed by atoms with Gasteiger partial charge in [0.25, 0.3) is 5.91 Å². The fourth-order valence-corrected chi connectivity index (χ4v) is 3.48. The third-order valence-electron chi connectivity index (χ3n) is 4.08. The SMILES string of the molecule is COc1ccc(C)c(C2=CC(c3nccs3)=NC(C(N)=O)N2N)c1C. The topological polar surface area (TPSA) is 107 Å². The van der Waals surface area contributed by atoms with Crippen LogP contribution in [0, 0.1) is 13.8 Å². The summed E-state index contributed by atoms with van der Waals surface area (Å²) in [6.45, 7) is 3.93. The number of primary amides is 1. The lowest BCUT2D eigenvalue weighted by Crippen LogP contribution is -2.49. The lowest BCUT2D eigenvalue weighted by atomic mass is 9.96. The Morgan fingerprint density at radius 3 is 2.72 bits per heavy atom. The number of aromatic nitrogens is 1. The number of nitrogens with two attached hydrogens (primary N) is 2. The zero-order chi connectivity index (χ0) is 18.1. The van der Waals surface area contributed by atoms with Gasteiger partial charge in [0.2, 0.25) is 6.17 Å². The number of aryl methyl sites for hydroxylation is 1. The van der Waals surface area contributed by atoms with Crippen LogP contribution in [-0.4, -0.2) is 34.9 Å². The number of amides is 1. The second kappa shape index (κ2) is 6.66. The Morgan fingerprint density at radius 1 is 1.36 bits per heavy atom. The first-order chi connectivity index (χ1) is 11.9. The van der Waals surface area contributed by atoms with E-state index in [9.17, 15) is 4.79 Å². The Kier molecular flexibility index (Phi) is 4.56. The summed E-state index contributed by atoms with van der Waals surface area (Å²) in [7, 11) is 1.62. The molecule has 1 aliphatic rings.